The Morgan fingerprint density at radius 3 is 2.05 bits per heavy atom. The van der Waals surface area contributed by atoms with Crippen LogP contribution in [0.15, 0.2) is 53.4 Å². The van der Waals surface area contributed by atoms with Gasteiger partial charge in [-0.05, 0) is 44.2 Å². The Morgan fingerprint density at radius 1 is 1.00 bits per heavy atom. The first-order valence-electron chi connectivity index (χ1n) is 7.33. The summed E-state index contributed by atoms with van der Waals surface area (Å²) in [5.74, 6) is 0. The molecule has 4 heteroatoms. The highest BCUT2D eigenvalue weighted by molar-refractivity contribution is 7.90. The molecule has 0 aliphatic carbocycles. The summed E-state index contributed by atoms with van der Waals surface area (Å²) < 4.78 is 23.0. The first-order valence-corrected chi connectivity index (χ1v) is 9.22. The van der Waals surface area contributed by atoms with Crippen molar-refractivity contribution in [1.82, 2.24) is 4.90 Å². The van der Waals surface area contributed by atoms with Crippen LogP contribution in [0.25, 0.3) is 0 Å². The second kappa shape index (κ2) is 6.63. The van der Waals surface area contributed by atoms with E-state index in [0.29, 0.717) is 4.90 Å². The fourth-order valence-electron chi connectivity index (χ4n) is 2.37. The van der Waals surface area contributed by atoms with E-state index in [1.54, 1.807) is 12.1 Å². The van der Waals surface area contributed by atoms with Gasteiger partial charge in [0.1, 0.15) is 0 Å². The minimum Gasteiger partial charge on any atom is -0.295 e. The number of nitrogens with zero attached hydrogens (tertiary/aromatic N) is 1. The summed E-state index contributed by atoms with van der Waals surface area (Å²) in [6.07, 6.45) is 1.23. The summed E-state index contributed by atoms with van der Waals surface area (Å²) in [5.41, 5.74) is 3.64. The third-order valence-electron chi connectivity index (χ3n) is 4.00. The third-order valence-corrected chi connectivity index (χ3v) is 5.13. The molecule has 0 heterocycles. The number of benzene rings is 2. The lowest BCUT2D eigenvalue weighted by molar-refractivity contribution is 0.253. The van der Waals surface area contributed by atoms with Crippen LogP contribution in [0.4, 0.5) is 0 Å². The quantitative estimate of drug-likeness (QED) is 0.845. The molecule has 1 atom stereocenters. The van der Waals surface area contributed by atoms with E-state index in [4.69, 9.17) is 0 Å². The van der Waals surface area contributed by atoms with E-state index in [1.165, 1.54) is 17.4 Å². The lowest BCUT2D eigenvalue weighted by Gasteiger charge is -2.25. The van der Waals surface area contributed by atoms with Gasteiger partial charge in [0.15, 0.2) is 9.84 Å². The summed E-state index contributed by atoms with van der Waals surface area (Å²) >= 11 is 0. The Kier molecular flexibility index (Phi) is 5.04. The van der Waals surface area contributed by atoms with Crippen LogP contribution in [0.5, 0.6) is 0 Å². The molecule has 118 valence electrons. The van der Waals surface area contributed by atoms with E-state index in [0.717, 1.165) is 12.1 Å². The Hall–Kier alpha value is -1.65. The SMILES string of the molecule is Cc1ccc(CN(C)C(C)c2ccc(S(C)(=O)=O)cc2)cc1. The van der Waals surface area contributed by atoms with Crippen LogP contribution in [-0.4, -0.2) is 26.6 Å². The molecule has 2 aromatic carbocycles. The Morgan fingerprint density at radius 2 is 1.55 bits per heavy atom. The maximum absolute atomic E-state index is 11.5. The molecule has 0 bridgehead atoms. The summed E-state index contributed by atoms with van der Waals surface area (Å²) in [5, 5.41) is 0. The van der Waals surface area contributed by atoms with Crippen LogP contribution in [0.1, 0.15) is 29.7 Å². The number of aryl methyl sites for hydroxylation is 1. The first kappa shape index (κ1) is 16.7. The van der Waals surface area contributed by atoms with Crippen LogP contribution in [0, 0.1) is 6.92 Å². The van der Waals surface area contributed by atoms with Crippen molar-refractivity contribution in [3.63, 3.8) is 0 Å². The smallest absolute Gasteiger partial charge is 0.175 e. The Labute approximate surface area is 133 Å². The minimum atomic E-state index is -3.13. The molecule has 1 unspecified atom stereocenters. The third kappa shape index (κ3) is 4.18. The van der Waals surface area contributed by atoms with Crippen molar-refractivity contribution in [3.05, 3.63) is 65.2 Å². The summed E-state index contributed by atoms with van der Waals surface area (Å²) in [6, 6.07) is 15.9. The van der Waals surface area contributed by atoms with Crippen LogP contribution in [-0.2, 0) is 16.4 Å². The molecule has 0 fully saturated rings. The normalized spacial score (nSPS) is 13.3. The van der Waals surface area contributed by atoms with Crippen LogP contribution < -0.4 is 0 Å². The molecular weight excluding hydrogens is 294 g/mol. The topological polar surface area (TPSA) is 37.4 Å². The number of rotatable bonds is 5. The van der Waals surface area contributed by atoms with Gasteiger partial charge in [-0.1, -0.05) is 42.0 Å². The zero-order valence-corrected chi connectivity index (χ0v) is 14.4. The highest BCUT2D eigenvalue weighted by Gasteiger charge is 2.13. The van der Waals surface area contributed by atoms with Gasteiger partial charge < -0.3 is 0 Å². The average molecular weight is 317 g/mol. The molecule has 3 nitrogen and oxygen atoms in total. The lowest BCUT2D eigenvalue weighted by atomic mass is 10.1. The van der Waals surface area contributed by atoms with E-state index in [-0.39, 0.29) is 6.04 Å². The highest BCUT2D eigenvalue weighted by Crippen LogP contribution is 2.22. The molecule has 22 heavy (non-hydrogen) atoms. The van der Waals surface area contributed by atoms with E-state index in [9.17, 15) is 8.42 Å². The maximum Gasteiger partial charge on any atom is 0.175 e. The predicted molar refractivity (Wildman–Crippen MR) is 90.6 cm³/mol. The van der Waals surface area contributed by atoms with Gasteiger partial charge in [0.05, 0.1) is 4.90 Å². The zero-order valence-electron chi connectivity index (χ0n) is 13.6. The second-order valence-electron chi connectivity index (χ2n) is 5.92. The molecule has 0 aromatic heterocycles. The van der Waals surface area contributed by atoms with Crippen molar-refractivity contribution in [2.75, 3.05) is 13.3 Å². The number of hydrogen-bond acceptors (Lipinski definition) is 3. The van der Waals surface area contributed by atoms with Gasteiger partial charge >= 0.3 is 0 Å². The fourth-order valence-corrected chi connectivity index (χ4v) is 3.00. The summed E-state index contributed by atoms with van der Waals surface area (Å²) in [4.78, 5) is 2.62. The monoisotopic (exact) mass is 317 g/mol. The number of hydrogen-bond donors (Lipinski definition) is 0. The van der Waals surface area contributed by atoms with Crippen molar-refractivity contribution in [3.8, 4) is 0 Å². The van der Waals surface area contributed by atoms with E-state index >= 15 is 0 Å². The van der Waals surface area contributed by atoms with Crippen molar-refractivity contribution in [2.24, 2.45) is 0 Å². The van der Waals surface area contributed by atoms with E-state index < -0.39 is 9.84 Å². The van der Waals surface area contributed by atoms with Gasteiger partial charge in [-0.2, -0.15) is 0 Å². The van der Waals surface area contributed by atoms with Crippen molar-refractivity contribution in [1.29, 1.82) is 0 Å². The van der Waals surface area contributed by atoms with E-state index in [2.05, 4.69) is 50.1 Å². The van der Waals surface area contributed by atoms with Gasteiger partial charge in [0, 0.05) is 18.8 Å². The molecule has 0 spiro atoms. The largest absolute Gasteiger partial charge is 0.295 e. The van der Waals surface area contributed by atoms with Crippen LogP contribution in [0.3, 0.4) is 0 Å². The molecule has 0 amide bonds. The highest BCUT2D eigenvalue weighted by atomic mass is 32.2. The van der Waals surface area contributed by atoms with Crippen molar-refractivity contribution >= 4 is 9.84 Å². The predicted octanol–water partition coefficient (Wildman–Crippen LogP) is 3.59. The molecule has 2 rings (SSSR count). The standard InChI is InChI=1S/C18H23NO2S/c1-14-5-7-16(8-6-14)13-19(3)15(2)17-9-11-18(12-10-17)22(4,20)21/h5-12,15H,13H2,1-4H3. The molecule has 0 radical (unpaired) electrons. The van der Waals surface area contributed by atoms with Gasteiger partial charge in [-0.25, -0.2) is 8.42 Å². The molecule has 0 aliphatic heterocycles. The van der Waals surface area contributed by atoms with Crippen LogP contribution in [0.2, 0.25) is 0 Å². The van der Waals surface area contributed by atoms with Crippen molar-refractivity contribution in [2.45, 2.75) is 31.3 Å². The second-order valence-corrected chi connectivity index (χ2v) is 7.93. The van der Waals surface area contributed by atoms with E-state index in [1.807, 2.05) is 12.1 Å². The molecular formula is C18H23NO2S. The summed E-state index contributed by atoms with van der Waals surface area (Å²) in [7, 11) is -1.05. The Balaban J connectivity index is 2.10. The van der Waals surface area contributed by atoms with Crippen LogP contribution >= 0.6 is 0 Å². The maximum atomic E-state index is 11.5. The lowest BCUT2D eigenvalue weighted by Crippen LogP contribution is -2.21. The van der Waals surface area contributed by atoms with Gasteiger partial charge in [0.2, 0.25) is 0 Å². The molecule has 0 aliphatic rings. The zero-order chi connectivity index (χ0) is 16.3. The van der Waals surface area contributed by atoms with Gasteiger partial charge in [0.25, 0.3) is 0 Å². The molecule has 0 saturated carbocycles. The number of sulfone groups is 1. The fraction of sp³-hybridized carbons (Fsp3) is 0.333. The molecule has 0 N–H and O–H groups in total. The van der Waals surface area contributed by atoms with Gasteiger partial charge in [-0.15, -0.1) is 0 Å². The Bertz CT molecular complexity index is 719. The molecule has 0 saturated heterocycles. The minimum absolute atomic E-state index is 0.218. The summed E-state index contributed by atoms with van der Waals surface area (Å²) in [6.45, 7) is 5.07. The first-order chi connectivity index (χ1) is 10.3. The molecule has 2 aromatic rings. The van der Waals surface area contributed by atoms with Gasteiger partial charge in [-0.3, -0.25) is 4.90 Å². The average Bonchev–Trinajstić information content (AvgIpc) is 2.48. The van der Waals surface area contributed by atoms with Crippen molar-refractivity contribution < 1.29 is 8.42 Å².